The fraction of sp³-hybridized carbons (Fsp3) is 0.231. The minimum atomic E-state index is 0.182. The molecule has 1 heterocycles. The second-order valence-corrected chi connectivity index (χ2v) is 4.12. The summed E-state index contributed by atoms with van der Waals surface area (Å²) in [5.41, 5.74) is 7.75. The van der Waals surface area contributed by atoms with E-state index in [1.807, 2.05) is 6.92 Å². The lowest BCUT2D eigenvalue weighted by atomic mass is 10.2. The number of hydrogen-bond acceptors (Lipinski definition) is 6. The van der Waals surface area contributed by atoms with Gasteiger partial charge in [0.05, 0.1) is 7.11 Å². The third-order valence-electron chi connectivity index (χ3n) is 2.58. The second kappa shape index (κ2) is 5.43. The van der Waals surface area contributed by atoms with Crippen molar-refractivity contribution in [2.75, 3.05) is 18.2 Å². The number of nitrogens with zero attached hydrogens (tertiary/aromatic N) is 2. The smallest absolute Gasteiger partial charge is 0.226 e. The number of anilines is 2. The molecule has 6 nitrogen and oxygen atoms in total. The molecule has 2 rings (SSSR count). The van der Waals surface area contributed by atoms with Crippen molar-refractivity contribution in [2.45, 2.75) is 13.5 Å². The largest absolute Gasteiger partial charge is 0.508 e. The normalized spacial score (nSPS) is 10.2. The van der Waals surface area contributed by atoms with E-state index in [0.717, 1.165) is 5.69 Å². The monoisotopic (exact) mass is 260 g/mol. The molecular formula is C13H16N4O2. The minimum absolute atomic E-state index is 0.182. The molecule has 0 saturated heterocycles. The number of aromatic nitrogens is 2. The topological polar surface area (TPSA) is 93.3 Å². The van der Waals surface area contributed by atoms with Gasteiger partial charge in [-0.1, -0.05) is 0 Å². The van der Waals surface area contributed by atoms with Crippen molar-refractivity contribution < 1.29 is 9.84 Å². The lowest BCUT2D eigenvalue weighted by molar-refractivity contribution is 0.397. The molecule has 6 heteroatoms. The quantitative estimate of drug-likeness (QED) is 0.572. The Kier molecular flexibility index (Phi) is 3.70. The SMILES string of the molecule is COc1cc(C)nc(NCc2cc(N)ccc2O)n1. The minimum Gasteiger partial charge on any atom is -0.508 e. The van der Waals surface area contributed by atoms with Gasteiger partial charge in [0.2, 0.25) is 11.8 Å². The summed E-state index contributed by atoms with van der Waals surface area (Å²) in [6.45, 7) is 2.23. The molecule has 0 radical (unpaired) electrons. The summed E-state index contributed by atoms with van der Waals surface area (Å²) in [5, 5.41) is 12.7. The number of aryl methyl sites for hydroxylation is 1. The molecule has 0 spiro atoms. The van der Waals surface area contributed by atoms with E-state index in [1.165, 1.54) is 0 Å². The molecule has 0 saturated carbocycles. The maximum absolute atomic E-state index is 9.71. The van der Waals surface area contributed by atoms with Crippen LogP contribution in [0.15, 0.2) is 24.3 Å². The molecule has 0 fully saturated rings. The summed E-state index contributed by atoms with van der Waals surface area (Å²) in [6.07, 6.45) is 0. The van der Waals surface area contributed by atoms with Crippen LogP contribution < -0.4 is 15.8 Å². The van der Waals surface area contributed by atoms with E-state index in [0.29, 0.717) is 29.6 Å². The molecule has 0 aliphatic carbocycles. The highest BCUT2D eigenvalue weighted by Gasteiger charge is 2.05. The molecule has 2 aromatic rings. The van der Waals surface area contributed by atoms with E-state index in [2.05, 4.69) is 15.3 Å². The molecule has 0 aliphatic rings. The van der Waals surface area contributed by atoms with Crippen molar-refractivity contribution in [3.05, 3.63) is 35.5 Å². The van der Waals surface area contributed by atoms with Gasteiger partial charge in [-0.3, -0.25) is 0 Å². The van der Waals surface area contributed by atoms with Crippen molar-refractivity contribution in [3.8, 4) is 11.6 Å². The highest BCUT2D eigenvalue weighted by atomic mass is 16.5. The molecule has 0 atom stereocenters. The zero-order chi connectivity index (χ0) is 13.8. The summed E-state index contributed by atoms with van der Waals surface area (Å²) in [5.74, 6) is 1.12. The Labute approximate surface area is 111 Å². The number of benzene rings is 1. The Morgan fingerprint density at radius 2 is 2.11 bits per heavy atom. The van der Waals surface area contributed by atoms with Crippen molar-refractivity contribution >= 4 is 11.6 Å². The Morgan fingerprint density at radius 1 is 1.32 bits per heavy atom. The number of hydrogen-bond donors (Lipinski definition) is 3. The van der Waals surface area contributed by atoms with Gasteiger partial charge < -0.3 is 20.9 Å². The predicted molar refractivity (Wildman–Crippen MR) is 73.2 cm³/mol. The van der Waals surface area contributed by atoms with Crippen LogP contribution in [0.25, 0.3) is 0 Å². The number of ether oxygens (including phenoxy) is 1. The Hall–Kier alpha value is -2.50. The van der Waals surface area contributed by atoms with E-state index < -0.39 is 0 Å². The van der Waals surface area contributed by atoms with E-state index in [4.69, 9.17) is 10.5 Å². The van der Waals surface area contributed by atoms with Crippen LogP contribution in [0.2, 0.25) is 0 Å². The van der Waals surface area contributed by atoms with Gasteiger partial charge in [-0.2, -0.15) is 4.98 Å². The Morgan fingerprint density at radius 3 is 2.84 bits per heavy atom. The van der Waals surface area contributed by atoms with Gasteiger partial charge >= 0.3 is 0 Å². The van der Waals surface area contributed by atoms with Gasteiger partial charge in [0.15, 0.2) is 0 Å². The van der Waals surface area contributed by atoms with Crippen LogP contribution in [0.5, 0.6) is 11.6 Å². The van der Waals surface area contributed by atoms with Crippen LogP contribution in [0, 0.1) is 6.92 Å². The van der Waals surface area contributed by atoms with Crippen molar-refractivity contribution in [3.63, 3.8) is 0 Å². The van der Waals surface area contributed by atoms with Gasteiger partial charge in [-0.05, 0) is 25.1 Å². The van der Waals surface area contributed by atoms with Crippen molar-refractivity contribution in [1.29, 1.82) is 0 Å². The maximum Gasteiger partial charge on any atom is 0.226 e. The first-order valence-corrected chi connectivity index (χ1v) is 5.79. The number of phenolic OH excluding ortho intramolecular Hbond substituents is 1. The first-order valence-electron chi connectivity index (χ1n) is 5.79. The predicted octanol–water partition coefficient (Wildman–Crippen LogP) is 1.69. The van der Waals surface area contributed by atoms with Gasteiger partial charge in [-0.15, -0.1) is 0 Å². The lowest BCUT2D eigenvalue weighted by Gasteiger charge is -2.09. The van der Waals surface area contributed by atoms with Crippen LogP contribution in [0.3, 0.4) is 0 Å². The summed E-state index contributed by atoms with van der Waals surface area (Å²) in [6, 6.07) is 6.65. The lowest BCUT2D eigenvalue weighted by Crippen LogP contribution is -2.06. The standard InChI is InChI=1S/C13H16N4O2/c1-8-5-12(19-2)17-13(16-8)15-7-9-6-10(14)3-4-11(9)18/h3-6,18H,7,14H2,1-2H3,(H,15,16,17). The molecule has 0 amide bonds. The number of aromatic hydroxyl groups is 1. The van der Waals surface area contributed by atoms with Gasteiger partial charge in [-0.25, -0.2) is 4.98 Å². The fourth-order valence-corrected chi connectivity index (χ4v) is 1.64. The number of nitrogens with one attached hydrogen (secondary N) is 1. The van der Waals surface area contributed by atoms with Crippen LogP contribution in [0.1, 0.15) is 11.3 Å². The third kappa shape index (κ3) is 3.25. The number of rotatable bonds is 4. The second-order valence-electron chi connectivity index (χ2n) is 4.12. The highest BCUT2D eigenvalue weighted by molar-refractivity contribution is 5.48. The average molecular weight is 260 g/mol. The highest BCUT2D eigenvalue weighted by Crippen LogP contribution is 2.21. The van der Waals surface area contributed by atoms with E-state index >= 15 is 0 Å². The summed E-state index contributed by atoms with van der Waals surface area (Å²) in [7, 11) is 1.55. The first-order chi connectivity index (χ1) is 9.08. The summed E-state index contributed by atoms with van der Waals surface area (Å²) < 4.78 is 5.07. The molecule has 19 heavy (non-hydrogen) atoms. The molecule has 4 N–H and O–H groups in total. The zero-order valence-corrected chi connectivity index (χ0v) is 10.8. The van der Waals surface area contributed by atoms with Crippen LogP contribution in [-0.4, -0.2) is 22.2 Å². The number of methoxy groups -OCH3 is 1. The van der Waals surface area contributed by atoms with Gasteiger partial charge in [0.25, 0.3) is 0 Å². The summed E-state index contributed by atoms with van der Waals surface area (Å²) >= 11 is 0. The number of nitrogen functional groups attached to an aromatic ring is 1. The fourth-order valence-electron chi connectivity index (χ4n) is 1.64. The van der Waals surface area contributed by atoms with Gasteiger partial charge in [0.1, 0.15) is 5.75 Å². The Balaban J connectivity index is 2.14. The zero-order valence-electron chi connectivity index (χ0n) is 10.8. The Bertz CT molecular complexity index is 587. The molecular weight excluding hydrogens is 244 g/mol. The van der Waals surface area contributed by atoms with Crippen LogP contribution in [0.4, 0.5) is 11.6 Å². The maximum atomic E-state index is 9.71. The molecule has 0 aliphatic heterocycles. The molecule has 0 bridgehead atoms. The van der Waals surface area contributed by atoms with E-state index in [-0.39, 0.29) is 5.75 Å². The van der Waals surface area contributed by atoms with Crippen molar-refractivity contribution in [1.82, 2.24) is 9.97 Å². The molecule has 0 unspecified atom stereocenters. The third-order valence-corrected chi connectivity index (χ3v) is 2.58. The van der Waals surface area contributed by atoms with E-state index in [9.17, 15) is 5.11 Å². The van der Waals surface area contributed by atoms with Crippen molar-refractivity contribution in [2.24, 2.45) is 0 Å². The number of nitrogens with two attached hydrogens (primary N) is 1. The molecule has 100 valence electrons. The first kappa shape index (κ1) is 12.9. The van der Waals surface area contributed by atoms with Gasteiger partial charge in [0, 0.05) is 29.6 Å². The molecule has 1 aromatic heterocycles. The average Bonchev–Trinajstić information content (AvgIpc) is 2.39. The summed E-state index contributed by atoms with van der Waals surface area (Å²) in [4.78, 5) is 8.40. The molecule has 1 aromatic carbocycles. The van der Waals surface area contributed by atoms with E-state index in [1.54, 1.807) is 31.4 Å². The van der Waals surface area contributed by atoms with Crippen LogP contribution in [-0.2, 0) is 6.54 Å². The van der Waals surface area contributed by atoms with Crippen LogP contribution >= 0.6 is 0 Å². The number of phenols is 1.